The summed E-state index contributed by atoms with van der Waals surface area (Å²) in [5, 5.41) is 3.49. The predicted molar refractivity (Wildman–Crippen MR) is 79.0 cm³/mol. The number of nitrogens with one attached hydrogen (secondary N) is 1. The molecule has 19 heavy (non-hydrogen) atoms. The maximum Gasteiger partial charge on any atom is 0.143 e. The van der Waals surface area contributed by atoms with Crippen LogP contribution >= 0.6 is 0 Å². The fourth-order valence-electron chi connectivity index (χ4n) is 2.74. The van der Waals surface area contributed by atoms with Gasteiger partial charge in [-0.25, -0.2) is 0 Å². The minimum Gasteiger partial charge on any atom is -0.482 e. The van der Waals surface area contributed by atoms with Gasteiger partial charge in [-0.05, 0) is 38.0 Å². The summed E-state index contributed by atoms with van der Waals surface area (Å²) in [5.74, 6) is 0.954. The van der Waals surface area contributed by atoms with Gasteiger partial charge in [-0.15, -0.1) is 0 Å². The third-order valence-electron chi connectivity index (χ3n) is 3.58. The molecule has 1 aliphatic heterocycles. The number of ether oxygens (including phenoxy) is 1. The zero-order valence-corrected chi connectivity index (χ0v) is 11.7. The Morgan fingerprint density at radius 1 is 1.05 bits per heavy atom. The summed E-state index contributed by atoms with van der Waals surface area (Å²) < 4.78 is 6.15. The molecule has 1 N–H and O–H groups in total. The fourth-order valence-corrected chi connectivity index (χ4v) is 2.74. The van der Waals surface area contributed by atoms with Gasteiger partial charge in [0.25, 0.3) is 0 Å². The Hall–Kier alpha value is -1.96. The highest BCUT2D eigenvalue weighted by atomic mass is 16.5. The van der Waals surface area contributed by atoms with E-state index in [4.69, 9.17) is 4.74 Å². The first-order chi connectivity index (χ1) is 9.13. The predicted octanol–water partition coefficient (Wildman–Crippen LogP) is 4.16. The number of benzene rings is 2. The second-order valence-electron chi connectivity index (χ2n) is 5.36. The molecule has 1 heterocycles. The van der Waals surface area contributed by atoms with E-state index in [-0.39, 0.29) is 6.10 Å². The zero-order valence-electron chi connectivity index (χ0n) is 11.7. The smallest absolute Gasteiger partial charge is 0.143 e. The summed E-state index contributed by atoms with van der Waals surface area (Å²) in [6.45, 7) is 7.18. The maximum atomic E-state index is 6.15. The van der Waals surface area contributed by atoms with Crippen LogP contribution in [0.2, 0.25) is 0 Å². The number of anilines is 1. The summed E-state index contributed by atoms with van der Waals surface area (Å²) in [6.07, 6.45) is 0.0906. The number of para-hydroxylation sites is 1. The van der Waals surface area contributed by atoms with Crippen LogP contribution in [0.4, 0.5) is 5.69 Å². The van der Waals surface area contributed by atoms with Gasteiger partial charge in [0.05, 0.1) is 12.2 Å². The van der Waals surface area contributed by atoms with Crippen molar-refractivity contribution in [3.8, 4) is 5.75 Å². The number of hydrogen-bond acceptors (Lipinski definition) is 2. The Labute approximate surface area is 114 Å². The fraction of sp³-hybridized carbons (Fsp3) is 0.294. The van der Waals surface area contributed by atoms with Gasteiger partial charge in [-0.3, -0.25) is 0 Å². The van der Waals surface area contributed by atoms with Crippen molar-refractivity contribution >= 4 is 5.69 Å². The first kappa shape index (κ1) is 12.1. The molecule has 3 rings (SSSR count). The van der Waals surface area contributed by atoms with E-state index in [0.29, 0.717) is 0 Å². The van der Waals surface area contributed by atoms with Crippen molar-refractivity contribution in [3.63, 3.8) is 0 Å². The third-order valence-corrected chi connectivity index (χ3v) is 3.58. The van der Waals surface area contributed by atoms with Crippen molar-refractivity contribution in [3.05, 3.63) is 58.7 Å². The lowest BCUT2D eigenvalue weighted by molar-refractivity contribution is 0.210. The number of aryl methyl sites for hydroxylation is 3. The monoisotopic (exact) mass is 253 g/mol. The second-order valence-corrected chi connectivity index (χ2v) is 5.36. The van der Waals surface area contributed by atoms with Crippen LogP contribution in [0, 0.1) is 20.8 Å². The van der Waals surface area contributed by atoms with Gasteiger partial charge in [0.1, 0.15) is 11.9 Å². The molecule has 98 valence electrons. The average molecular weight is 253 g/mol. The SMILES string of the molecule is Cc1cc(C)cc(C2CNc3c(C)cccc3O2)c1. The average Bonchev–Trinajstić information content (AvgIpc) is 2.37. The van der Waals surface area contributed by atoms with Crippen molar-refractivity contribution in [2.24, 2.45) is 0 Å². The second kappa shape index (κ2) is 4.61. The number of rotatable bonds is 1. The highest BCUT2D eigenvalue weighted by Gasteiger charge is 2.22. The summed E-state index contributed by atoms with van der Waals surface area (Å²) >= 11 is 0. The first-order valence-electron chi connectivity index (χ1n) is 6.72. The van der Waals surface area contributed by atoms with E-state index in [1.165, 1.54) is 22.3 Å². The normalized spacial score (nSPS) is 17.3. The summed E-state index contributed by atoms with van der Waals surface area (Å²) in [7, 11) is 0. The lowest BCUT2D eigenvalue weighted by Crippen LogP contribution is -2.24. The molecule has 2 aromatic rings. The van der Waals surface area contributed by atoms with Crippen molar-refractivity contribution in [2.45, 2.75) is 26.9 Å². The van der Waals surface area contributed by atoms with E-state index in [0.717, 1.165) is 18.0 Å². The van der Waals surface area contributed by atoms with Crippen LogP contribution in [0.15, 0.2) is 36.4 Å². The van der Waals surface area contributed by atoms with Gasteiger partial charge >= 0.3 is 0 Å². The van der Waals surface area contributed by atoms with E-state index >= 15 is 0 Å². The summed E-state index contributed by atoms with van der Waals surface area (Å²) in [4.78, 5) is 0. The largest absolute Gasteiger partial charge is 0.482 e. The Morgan fingerprint density at radius 2 is 1.79 bits per heavy atom. The highest BCUT2D eigenvalue weighted by molar-refractivity contribution is 5.63. The van der Waals surface area contributed by atoms with Crippen LogP contribution < -0.4 is 10.1 Å². The molecule has 0 aromatic heterocycles. The maximum absolute atomic E-state index is 6.15. The molecular formula is C17H19NO. The van der Waals surface area contributed by atoms with E-state index in [2.05, 4.69) is 50.4 Å². The van der Waals surface area contributed by atoms with Crippen LogP contribution in [0.1, 0.15) is 28.4 Å². The van der Waals surface area contributed by atoms with Crippen molar-refractivity contribution < 1.29 is 4.74 Å². The van der Waals surface area contributed by atoms with Crippen molar-refractivity contribution in [1.82, 2.24) is 0 Å². The molecule has 0 saturated heterocycles. The molecule has 2 aromatic carbocycles. The van der Waals surface area contributed by atoms with E-state index in [1.54, 1.807) is 0 Å². The highest BCUT2D eigenvalue weighted by Crippen LogP contribution is 2.36. The topological polar surface area (TPSA) is 21.3 Å². The standard InChI is InChI=1S/C17H19NO/c1-11-7-12(2)9-14(8-11)16-10-18-17-13(3)5-4-6-15(17)19-16/h4-9,16,18H,10H2,1-3H3. The van der Waals surface area contributed by atoms with Crippen molar-refractivity contribution in [2.75, 3.05) is 11.9 Å². The minimum absolute atomic E-state index is 0.0906. The molecule has 1 atom stereocenters. The van der Waals surface area contributed by atoms with E-state index in [9.17, 15) is 0 Å². The van der Waals surface area contributed by atoms with E-state index in [1.807, 2.05) is 12.1 Å². The summed E-state index contributed by atoms with van der Waals surface area (Å²) in [6, 6.07) is 12.8. The van der Waals surface area contributed by atoms with Gasteiger partial charge in [-0.1, -0.05) is 41.5 Å². The van der Waals surface area contributed by atoms with E-state index < -0.39 is 0 Å². The molecule has 0 radical (unpaired) electrons. The van der Waals surface area contributed by atoms with Crippen LogP contribution in [0.3, 0.4) is 0 Å². The quantitative estimate of drug-likeness (QED) is 0.824. The number of fused-ring (bicyclic) bond motifs is 1. The Balaban J connectivity index is 1.93. The number of hydrogen-bond donors (Lipinski definition) is 1. The first-order valence-corrected chi connectivity index (χ1v) is 6.72. The zero-order chi connectivity index (χ0) is 13.4. The molecule has 2 nitrogen and oxygen atoms in total. The molecule has 1 aliphatic rings. The molecule has 0 fully saturated rings. The van der Waals surface area contributed by atoms with Crippen LogP contribution in [0.5, 0.6) is 5.75 Å². The molecule has 2 heteroatoms. The van der Waals surface area contributed by atoms with Gasteiger partial charge in [-0.2, -0.15) is 0 Å². The Morgan fingerprint density at radius 3 is 2.53 bits per heavy atom. The van der Waals surface area contributed by atoms with Crippen molar-refractivity contribution in [1.29, 1.82) is 0 Å². The molecular weight excluding hydrogens is 234 g/mol. The lowest BCUT2D eigenvalue weighted by atomic mass is 10.0. The van der Waals surface area contributed by atoms with Gasteiger partial charge in [0, 0.05) is 0 Å². The van der Waals surface area contributed by atoms with Gasteiger partial charge in [0.2, 0.25) is 0 Å². The Bertz CT molecular complexity index is 598. The molecule has 0 spiro atoms. The van der Waals surface area contributed by atoms with Crippen LogP contribution in [-0.4, -0.2) is 6.54 Å². The molecule has 0 saturated carbocycles. The molecule has 0 bridgehead atoms. The summed E-state index contributed by atoms with van der Waals surface area (Å²) in [5.41, 5.74) is 6.18. The molecule has 0 amide bonds. The Kier molecular flexibility index (Phi) is 2.94. The van der Waals surface area contributed by atoms with Crippen LogP contribution in [-0.2, 0) is 0 Å². The van der Waals surface area contributed by atoms with Gasteiger partial charge in [0.15, 0.2) is 0 Å². The third kappa shape index (κ3) is 2.30. The van der Waals surface area contributed by atoms with Gasteiger partial charge < -0.3 is 10.1 Å². The molecule has 1 unspecified atom stereocenters. The molecule has 0 aliphatic carbocycles. The lowest BCUT2D eigenvalue weighted by Gasteiger charge is -2.29. The minimum atomic E-state index is 0.0906. The van der Waals surface area contributed by atoms with Crippen LogP contribution in [0.25, 0.3) is 0 Å².